The standard InChI is InChI=1S/C18H20N4O2S/c1-12-18(24)22-8-7-21(9-15(22)17(23)19-12)10-16-20-14(11-25-16)13-5-3-2-4-6-13/h2-6,11-12,15H,7-10H2,1H3,(H,19,23)/t12-,15-/m1/s1. The van der Waals surface area contributed by atoms with Gasteiger partial charge in [-0.25, -0.2) is 4.98 Å². The predicted molar refractivity (Wildman–Crippen MR) is 95.9 cm³/mol. The number of rotatable bonds is 3. The number of thiazole rings is 1. The monoisotopic (exact) mass is 356 g/mol. The summed E-state index contributed by atoms with van der Waals surface area (Å²) in [5, 5.41) is 5.87. The molecule has 4 rings (SSSR count). The number of piperazine rings is 2. The molecule has 2 saturated heterocycles. The van der Waals surface area contributed by atoms with Crippen molar-refractivity contribution in [3.8, 4) is 11.3 Å². The fraction of sp³-hybridized carbons (Fsp3) is 0.389. The van der Waals surface area contributed by atoms with Gasteiger partial charge >= 0.3 is 0 Å². The Labute approximate surface area is 150 Å². The van der Waals surface area contributed by atoms with Crippen LogP contribution in [0.2, 0.25) is 0 Å². The maximum Gasteiger partial charge on any atom is 0.245 e. The molecule has 0 unspecified atom stereocenters. The lowest BCUT2D eigenvalue weighted by molar-refractivity contribution is -0.152. The van der Waals surface area contributed by atoms with Gasteiger partial charge in [0.15, 0.2) is 0 Å². The molecule has 25 heavy (non-hydrogen) atoms. The minimum atomic E-state index is -0.414. The summed E-state index contributed by atoms with van der Waals surface area (Å²) in [7, 11) is 0. The minimum Gasteiger partial charge on any atom is -0.343 e. The van der Waals surface area contributed by atoms with Gasteiger partial charge in [-0.05, 0) is 6.92 Å². The van der Waals surface area contributed by atoms with E-state index in [-0.39, 0.29) is 17.9 Å². The number of carbonyl (C=O) groups is 2. The van der Waals surface area contributed by atoms with Crippen molar-refractivity contribution in [1.29, 1.82) is 0 Å². The second-order valence-electron chi connectivity index (χ2n) is 6.51. The lowest BCUT2D eigenvalue weighted by Crippen LogP contribution is -2.68. The molecule has 0 radical (unpaired) electrons. The van der Waals surface area contributed by atoms with E-state index in [2.05, 4.69) is 27.7 Å². The highest BCUT2D eigenvalue weighted by atomic mass is 32.1. The predicted octanol–water partition coefficient (Wildman–Crippen LogP) is 1.34. The van der Waals surface area contributed by atoms with Gasteiger partial charge in [-0.15, -0.1) is 11.3 Å². The normalized spacial score (nSPS) is 24.1. The number of aromatic nitrogens is 1. The van der Waals surface area contributed by atoms with Crippen LogP contribution in [0, 0.1) is 0 Å². The Morgan fingerprint density at radius 1 is 1.24 bits per heavy atom. The lowest BCUT2D eigenvalue weighted by atomic mass is 10.1. The van der Waals surface area contributed by atoms with E-state index in [0.717, 1.165) is 22.8 Å². The zero-order valence-electron chi connectivity index (χ0n) is 14.0. The first-order valence-corrected chi connectivity index (χ1v) is 9.33. The van der Waals surface area contributed by atoms with Gasteiger partial charge in [0.05, 0.1) is 12.2 Å². The number of nitrogens with zero attached hydrogens (tertiary/aromatic N) is 3. The zero-order chi connectivity index (χ0) is 17.4. The molecule has 2 atom stereocenters. The lowest BCUT2D eigenvalue weighted by Gasteiger charge is -2.44. The van der Waals surface area contributed by atoms with Gasteiger partial charge in [0.2, 0.25) is 11.8 Å². The highest BCUT2D eigenvalue weighted by Gasteiger charge is 2.41. The molecule has 1 aromatic carbocycles. The van der Waals surface area contributed by atoms with E-state index in [9.17, 15) is 9.59 Å². The summed E-state index contributed by atoms with van der Waals surface area (Å²) in [4.78, 5) is 33.1. The van der Waals surface area contributed by atoms with Crippen molar-refractivity contribution in [1.82, 2.24) is 20.1 Å². The Bertz CT molecular complexity index is 791. The van der Waals surface area contributed by atoms with Crippen LogP contribution in [0.25, 0.3) is 11.3 Å². The van der Waals surface area contributed by atoms with Gasteiger partial charge in [0.25, 0.3) is 0 Å². The van der Waals surface area contributed by atoms with Crippen LogP contribution in [0.5, 0.6) is 0 Å². The van der Waals surface area contributed by atoms with E-state index in [1.165, 1.54) is 0 Å². The number of hydrogen-bond donors (Lipinski definition) is 1. The summed E-state index contributed by atoms with van der Waals surface area (Å²) >= 11 is 1.64. The van der Waals surface area contributed by atoms with Gasteiger partial charge in [-0.2, -0.15) is 0 Å². The number of carbonyl (C=O) groups excluding carboxylic acids is 2. The van der Waals surface area contributed by atoms with Crippen molar-refractivity contribution in [3.63, 3.8) is 0 Å². The maximum atomic E-state index is 12.2. The second kappa shape index (κ2) is 6.57. The van der Waals surface area contributed by atoms with Crippen molar-refractivity contribution in [2.24, 2.45) is 0 Å². The zero-order valence-corrected chi connectivity index (χ0v) is 14.8. The van der Waals surface area contributed by atoms with Crippen LogP contribution in [0.15, 0.2) is 35.7 Å². The largest absolute Gasteiger partial charge is 0.343 e. The summed E-state index contributed by atoms with van der Waals surface area (Å²) in [6.07, 6.45) is 0. The first-order valence-electron chi connectivity index (χ1n) is 8.45. The molecule has 7 heteroatoms. The molecule has 6 nitrogen and oxygen atoms in total. The van der Waals surface area contributed by atoms with Crippen LogP contribution in [0.3, 0.4) is 0 Å². The molecule has 2 aliphatic heterocycles. The number of fused-ring (bicyclic) bond motifs is 1. The molecule has 0 saturated carbocycles. The fourth-order valence-corrected chi connectivity index (χ4v) is 4.25. The average molecular weight is 356 g/mol. The Morgan fingerprint density at radius 2 is 2.04 bits per heavy atom. The molecular weight excluding hydrogens is 336 g/mol. The summed E-state index contributed by atoms with van der Waals surface area (Å²) in [5.74, 6) is -0.0363. The van der Waals surface area contributed by atoms with Crippen LogP contribution < -0.4 is 5.32 Å². The van der Waals surface area contributed by atoms with Gasteiger partial charge in [-0.1, -0.05) is 30.3 Å². The van der Waals surface area contributed by atoms with Gasteiger partial charge in [0, 0.05) is 30.6 Å². The quantitative estimate of drug-likeness (QED) is 0.901. The van der Waals surface area contributed by atoms with E-state index >= 15 is 0 Å². The SMILES string of the molecule is C[C@H]1NC(=O)[C@H]2CN(Cc3nc(-c4ccccc4)cs3)CCN2C1=O. The maximum absolute atomic E-state index is 12.2. The number of benzene rings is 1. The van der Waals surface area contributed by atoms with Crippen molar-refractivity contribution in [3.05, 3.63) is 40.7 Å². The molecule has 2 aromatic rings. The summed E-state index contributed by atoms with van der Waals surface area (Å²) in [6, 6.07) is 9.32. The summed E-state index contributed by atoms with van der Waals surface area (Å²) < 4.78 is 0. The molecular formula is C18H20N4O2S. The highest BCUT2D eigenvalue weighted by molar-refractivity contribution is 7.09. The first-order chi connectivity index (χ1) is 12.1. The molecule has 0 bridgehead atoms. The van der Waals surface area contributed by atoms with Crippen LogP contribution in [-0.4, -0.2) is 58.3 Å². The number of nitrogens with one attached hydrogen (secondary N) is 1. The third kappa shape index (κ3) is 3.17. The third-order valence-electron chi connectivity index (χ3n) is 4.76. The Hall–Kier alpha value is -2.25. The smallest absolute Gasteiger partial charge is 0.245 e. The van der Waals surface area contributed by atoms with E-state index in [1.807, 2.05) is 18.2 Å². The number of amides is 2. The van der Waals surface area contributed by atoms with Crippen LogP contribution in [-0.2, 0) is 16.1 Å². The average Bonchev–Trinajstić information content (AvgIpc) is 3.09. The highest BCUT2D eigenvalue weighted by Crippen LogP contribution is 2.24. The third-order valence-corrected chi connectivity index (χ3v) is 5.59. The molecule has 2 fully saturated rings. The van der Waals surface area contributed by atoms with E-state index in [4.69, 9.17) is 4.98 Å². The molecule has 2 aliphatic rings. The number of hydrogen-bond acceptors (Lipinski definition) is 5. The molecule has 2 amide bonds. The summed E-state index contributed by atoms with van der Waals surface area (Å²) in [6.45, 7) is 4.37. The van der Waals surface area contributed by atoms with Gasteiger partial charge < -0.3 is 10.2 Å². The summed E-state index contributed by atoms with van der Waals surface area (Å²) in [5.41, 5.74) is 2.10. The van der Waals surface area contributed by atoms with Gasteiger partial charge in [-0.3, -0.25) is 14.5 Å². The molecule has 130 valence electrons. The first kappa shape index (κ1) is 16.2. The van der Waals surface area contributed by atoms with E-state index in [1.54, 1.807) is 23.2 Å². The van der Waals surface area contributed by atoms with Crippen molar-refractivity contribution < 1.29 is 9.59 Å². The topological polar surface area (TPSA) is 65.5 Å². The Morgan fingerprint density at radius 3 is 2.84 bits per heavy atom. The molecule has 0 aliphatic carbocycles. The van der Waals surface area contributed by atoms with Crippen LogP contribution in [0.4, 0.5) is 0 Å². The van der Waals surface area contributed by atoms with Crippen molar-refractivity contribution in [2.45, 2.75) is 25.6 Å². The molecule has 1 aromatic heterocycles. The second-order valence-corrected chi connectivity index (χ2v) is 7.45. The Kier molecular flexibility index (Phi) is 4.27. The van der Waals surface area contributed by atoms with E-state index < -0.39 is 6.04 Å². The van der Waals surface area contributed by atoms with Gasteiger partial charge in [0.1, 0.15) is 17.1 Å². The molecule has 0 spiro atoms. The Balaban J connectivity index is 1.44. The molecule has 3 heterocycles. The van der Waals surface area contributed by atoms with E-state index in [0.29, 0.717) is 19.6 Å². The van der Waals surface area contributed by atoms with Crippen molar-refractivity contribution >= 4 is 23.2 Å². The molecule has 1 N–H and O–H groups in total. The fourth-order valence-electron chi connectivity index (χ4n) is 3.41. The van der Waals surface area contributed by atoms with Crippen LogP contribution >= 0.6 is 11.3 Å². The van der Waals surface area contributed by atoms with Crippen LogP contribution in [0.1, 0.15) is 11.9 Å². The van der Waals surface area contributed by atoms with Crippen molar-refractivity contribution in [2.75, 3.05) is 19.6 Å². The minimum absolute atomic E-state index is 0.0184.